The van der Waals surface area contributed by atoms with Crippen molar-refractivity contribution >= 4 is 13.0 Å². The lowest BCUT2D eigenvalue weighted by atomic mass is 9.74. The number of hydrogen-bond acceptors (Lipinski definition) is 3. The fraction of sp³-hybridized carbons (Fsp3) is 0.500. The van der Waals surface area contributed by atoms with E-state index in [1.165, 1.54) is 0 Å². The van der Waals surface area contributed by atoms with Crippen LogP contribution < -0.4 is 5.32 Å². The van der Waals surface area contributed by atoms with Crippen molar-refractivity contribution in [3.63, 3.8) is 0 Å². The van der Waals surface area contributed by atoms with Gasteiger partial charge in [0.15, 0.2) is 0 Å². The normalized spacial score (nSPS) is 20.4. The van der Waals surface area contributed by atoms with Crippen LogP contribution in [0.1, 0.15) is 25.7 Å². The number of carbonyl (C=O) groups is 1. The molecule has 15 heavy (non-hydrogen) atoms. The molecule has 0 saturated heterocycles. The summed E-state index contributed by atoms with van der Waals surface area (Å²) in [6, 6.07) is 0.368. The molecule has 5 heteroatoms. The summed E-state index contributed by atoms with van der Waals surface area (Å²) in [6.07, 6.45) is 6.58. The Morgan fingerprint density at radius 3 is 2.53 bits per heavy atom. The zero-order valence-corrected chi connectivity index (χ0v) is 8.44. The van der Waals surface area contributed by atoms with Crippen LogP contribution in [0.2, 0.25) is 0 Å². The molecule has 2 aliphatic rings. The molecule has 0 spiro atoms. The first kappa shape index (κ1) is 10.5. The van der Waals surface area contributed by atoms with E-state index in [-0.39, 0.29) is 5.91 Å². The van der Waals surface area contributed by atoms with Crippen LogP contribution in [0.5, 0.6) is 0 Å². The molecule has 0 aromatic carbocycles. The smallest absolute Gasteiger partial charge is 0.423 e. The van der Waals surface area contributed by atoms with Crippen molar-refractivity contribution in [2.75, 3.05) is 0 Å². The van der Waals surface area contributed by atoms with Gasteiger partial charge in [-0.1, -0.05) is 12.2 Å². The molecule has 0 aromatic rings. The Hall–Kier alpha value is -1.07. The number of carbonyl (C=O) groups excluding carboxylic acids is 1. The predicted molar refractivity (Wildman–Crippen MR) is 56.8 cm³/mol. The lowest BCUT2D eigenvalue weighted by Crippen LogP contribution is -2.28. The highest BCUT2D eigenvalue weighted by Crippen LogP contribution is 2.22. The molecule has 1 saturated carbocycles. The highest BCUT2D eigenvalue weighted by Gasteiger charge is 2.26. The number of nitrogens with one attached hydrogen (secondary N) is 1. The molecule has 0 bridgehead atoms. The van der Waals surface area contributed by atoms with Crippen molar-refractivity contribution in [3.05, 3.63) is 23.2 Å². The van der Waals surface area contributed by atoms with Crippen LogP contribution in [-0.4, -0.2) is 29.1 Å². The van der Waals surface area contributed by atoms with Crippen LogP contribution in [0.4, 0.5) is 0 Å². The highest BCUT2D eigenvalue weighted by molar-refractivity contribution is 6.50. The van der Waals surface area contributed by atoms with Gasteiger partial charge in [-0.2, -0.15) is 0 Å². The third-order valence-electron chi connectivity index (χ3n) is 2.72. The van der Waals surface area contributed by atoms with E-state index < -0.39 is 7.12 Å². The van der Waals surface area contributed by atoms with Crippen molar-refractivity contribution in [1.82, 2.24) is 5.32 Å². The summed E-state index contributed by atoms with van der Waals surface area (Å²) in [5.74, 6) is -0.0137. The summed E-state index contributed by atoms with van der Waals surface area (Å²) in [6.45, 7) is 0. The lowest BCUT2D eigenvalue weighted by Gasteiger charge is -2.13. The van der Waals surface area contributed by atoms with Crippen LogP contribution in [0.25, 0.3) is 0 Å². The minimum Gasteiger partial charge on any atom is -0.423 e. The van der Waals surface area contributed by atoms with E-state index in [4.69, 9.17) is 10.0 Å². The Kier molecular flexibility index (Phi) is 2.93. The van der Waals surface area contributed by atoms with Crippen LogP contribution >= 0.6 is 0 Å². The minimum absolute atomic E-state index is 0.0137. The van der Waals surface area contributed by atoms with Gasteiger partial charge in [0.25, 0.3) is 0 Å². The number of hydrogen-bond donors (Lipinski definition) is 3. The quantitative estimate of drug-likeness (QED) is 0.567. The summed E-state index contributed by atoms with van der Waals surface area (Å²) in [4.78, 5) is 11.6. The van der Waals surface area contributed by atoms with Gasteiger partial charge in [0.1, 0.15) is 0 Å². The average molecular weight is 207 g/mol. The van der Waals surface area contributed by atoms with Gasteiger partial charge in [-0.15, -0.1) is 0 Å². The molecule has 0 aliphatic heterocycles. The van der Waals surface area contributed by atoms with Gasteiger partial charge in [-0.05, 0) is 31.2 Å². The van der Waals surface area contributed by atoms with Gasteiger partial charge in [0, 0.05) is 11.6 Å². The maximum Gasteiger partial charge on any atom is 0.484 e. The molecular formula is C10H14BNO3. The standard InChI is InChI=1S/C10H14BNO3/c13-10(12-9-5-6-9)7-1-3-8(4-2-7)11(14)15/h1,3,9,14-15H,2,4-6H2,(H,12,13). The third kappa shape index (κ3) is 2.70. The molecular weight excluding hydrogens is 193 g/mol. The van der Waals surface area contributed by atoms with Crippen molar-refractivity contribution in [1.29, 1.82) is 0 Å². The molecule has 0 aromatic heterocycles. The predicted octanol–water partition coefficient (Wildman–Crippen LogP) is -0.0764. The molecule has 4 nitrogen and oxygen atoms in total. The highest BCUT2D eigenvalue weighted by atomic mass is 16.4. The van der Waals surface area contributed by atoms with E-state index in [1.54, 1.807) is 12.2 Å². The van der Waals surface area contributed by atoms with Crippen molar-refractivity contribution in [2.24, 2.45) is 0 Å². The molecule has 80 valence electrons. The fourth-order valence-electron chi connectivity index (χ4n) is 1.56. The molecule has 2 aliphatic carbocycles. The zero-order valence-electron chi connectivity index (χ0n) is 8.44. The van der Waals surface area contributed by atoms with E-state index in [1.807, 2.05) is 0 Å². The second kappa shape index (κ2) is 4.20. The number of allylic oxidation sites excluding steroid dienone is 3. The Balaban J connectivity index is 1.96. The average Bonchev–Trinajstić information content (AvgIpc) is 3.02. The van der Waals surface area contributed by atoms with E-state index in [0.717, 1.165) is 18.4 Å². The minimum atomic E-state index is -1.39. The van der Waals surface area contributed by atoms with Gasteiger partial charge in [0.05, 0.1) is 0 Å². The van der Waals surface area contributed by atoms with Crippen LogP contribution in [0.15, 0.2) is 23.2 Å². The van der Waals surface area contributed by atoms with E-state index in [9.17, 15) is 4.79 Å². The van der Waals surface area contributed by atoms with Gasteiger partial charge in [-0.25, -0.2) is 0 Å². The Morgan fingerprint density at radius 1 is 1.33 bits per heavy atom. The Morgan fingerprint density at radius 2 is 2.07 bits per heavy atom. The van der Waals surface area contributed by atoms with Gasteiger partial charge < -0.3 is 15.4 Å². The van der Waals surface area contributed by atoms with E-state index >= 15 is 0 Å². The topological polar surface area (TPSA) is 69.6 Å². The van der Waals surface area contributed by atoms with Crippen molar-refractivity contribution in [3.8, 4) is 0 Å². The first-order valence-electron chi connectivity index (χ1n) is 5.23. The maximum absolute atomic E-state index is 11.6. The largest absolute Gasteiger partial charge is 0.484 e. The Bertz CT molecular complexity index is 332. The lowest BCUT2D eigenvalue weighted by molar-refractivity contribution is -0.117. The van der Waals surface area contributed by atoms with Crippen LogP contribution in [-0.2, 0) is 4.79 Å². The zero-order chi connectivity index (χ0) is 10.8. The molecule has 1 amide bonds. The van der Waals surface area contributed by atoms with Gasteiger partial charge >= 0.3 is 7.12 Å². The number of amides is 1. The first-order chi connectivity index (χ1) is 7.16. The van der Waals surface area contributed by atoms with Crippen LogP contribution in [0.3, 0.4) is 0 Å². The molecule has 2 rings (SSSR count). The van der Waals surface area contributed by atoms with Crippen molar-refractivity contribution < 1.29 is 14.8 Å². The SMILES string of the molecule is O=C(NC1CC1)C1=CC=C(B(O)O)CC1. The molecule has 0 unspecified atom stereocenters. The summed E-state index contributed by atoms with van der Waals surface area (Å²) >= 11 is 0. The van der Waals surface area contributed by atoms with Gasteiger partial charge in [-0.3, -0.25) is 4.79 Å². The summed E-state index contributed by atoms with van der Waals surface area (Å²) in [7, 11) is -1.39. The third-order valence-corrected chi connectivity index (χ3v) is 2.72. The van der Waals surface area contributed by atoms with E-state index in [0.29, 0.717) is 24.4 Å². The summed E-state index contributed by atoms with van der Waals surface area (Å²) in [5, 5.41) is 20.7. The second-order valence-electron chi connectivity index (χ2n) is 4.05. The van der Waals surface area contributed by atoms with E-state index in [2.05, 4.69) is 5.32 Å². The van der Waals surface area contributed by atoms with Crippen LogP contribution in [0, 0.1) is 0 Å². The molecule has 0 radical (unpaired) electrons. The molecule has 3 N–H and O–H groups in total. The maximum atomic E-state index is 11.6. The molecule has 1 fully saturated rings. The monoisotopic (exact) mass is 207 g/mol. The first-order valence-corrected chi connectivity index (χ1v) is 5.23. The Labute approximate surface area is 88.8 Å². The number of rotatable bonds is 3. The van der Waals surface area contributed by atoms with Gasteiger partial charge in [0.2, 0.25) is 5.91 Å². The van der Waals surface area contributed by atoms with Crippen molar-refractivity contribution in [2.45, 2.75) is 31.7 Å². The fourth-order valence-corrected chi connectivity index (χ4v) is 1.56. The second-order valence-corrected chi connectivity index (χ2v) is 4.05. The summed E-state index contributed by atoms with van der Waals surface area (Å²) in [5.41, 5.74) is 1.30. The molecule has 0 heterocycles. The summed E-state index contributed by atoms with van der Waals surface area (Å²) < 4.78 is 0. The molecule has 0 atom stereocenters.